The van der Waals surface area contributed by atoms with Crippen molar-refractivity contribution in [2.75, 3.05) is 6.79 Å². The lowest BCUT2D eigenvalue weighted by Gasteiger charge is -2.06. The molecule has 2 aliphatic rings. The average molecular weight is 202 g/mol. The van der Waals surface area contributed by atoms with Crippen LogP contribution in [0.25, 0.3) is 0 Å². The van der Waals surface area contributed by atoms with Crippen molar-refractivity contribution in [3.05, 3.63) is 23.3 Å². The van der Waals surface area contributed by atoms with E-state index in [1.807, 2.05) is 19.1 Å². The van der Waals surface area contributed by atoms with Crippen molar-refractivity contribution in [1.29, 1.82) is 0 Å². The Balaban J connectivity index is 2.19. The van der Waals surface area contributed by atoms with Gasteiger partial charge in [-0.2, -0.15) is 10.2 Å². The van der Waals surface area contributed by atoms with Gasteiger partial charge in [0.1, 0.15) is 0 Å². The Bertz CT molecular complexity index is 478. The largest absolute Gasteiger partial charge is 0.454 e. The second kappa shape index (κ2) is 3.08. The van der Waals surface area contributed by atoms with Crippen LogP contribution in [0.4, 0.5) is 0 Å². The minimum absolute atomic E-state index is 0.308. The van der Waals surface area contributed by atoms with Crippen molar-refractivity contribution in [2.45, 2.75) is 13.3 Å². The molecule has 1 aromatic carbocycles. The fraction of sp³-hybridized carbons (Fsp3) is 0.273. The van der Waals surface area contributed by atoms with Gasteiger partial charge in [-0.05, 0) is 24.6 Å². The lowest BCUT2D eigenvalue weighted by atomic mass is 10.0. The minimum atomic E-state index is 0.308. The van der Waals surface area contributed by atoms with Crippen molar-refractivity contribution >= 4 is 11.9 Å². The highest BCUT2D eigenvalue weighted by Crippen LogP contribution is 2.35. The SMILES string of the molecule is CC1=NN=CCc2cc3c(cc21)OCO3. The van der Waals surface area contributed by atoms with Crippen LogP contribution >= 0.6 is 0 Å². The van der Waals surface area contributed by atoms with Crippen molar-refractivity contribution in [3.63, 3.8) is 0 Å². The number of ether oxygens (including phenoxy) is 2. The first-order valence-corrected chi connectivity index (χ1v) is 4.83. The predicted octanol–water partition coefficient (Wildman–Crippen LogP) is 1.77. The van der Waals surface area contributed by atoms with Crippen LogP contribution in [0.3, 0.4) is 0 Å². The van der Waals surface area contributed by atoms with E-state index in [1.165, 1.54) is 5.56 Å². The van der Waals surface area contributed by atoms with Gasteiger partial charge in [0.05, 0.1) is 5.71 Å². The molecule has 0 fully saturated rings. The summed E-state index contributed by atoms with van der Waals surface area (Å²) in [7, 11) is 0. The lowest BCUT2D eigenvalue weighted by molar-refractivity contribution is 0.174. The normalized spacial score (nSPS) is 17.0. The van der Waals surface area contributed by atoms with E-state index < -0.39 is 0 Å². The Labute approximate surface area is 87.2 Å². The Morgan fingerprint density at radius 3 is 2.87 bits per heavy atom. The third-order valence-corrected chi connectivity index (χ3v) is 2.59. The monoisotopic (exact) mass is 202 g/mol. The van der Waals surface area contributed by atoms with Gasteiger partial charge in [-0.1, -0.05) is 0 Å². The molecule has 0 atom stereocenters. The molecule has 0 N–H and O–H groups in total. The van der Waals surface area contributed by atoms with Crippen LogP contribution in [-0.4, -0.2) is 18.7 Å². The van der Waals surface area contributed by atoms with E-state index in [-0.39, 0.29) is 0 Å². The van der Waals surface area contributed by atoms with Gasteiger partial charge in [0, 0.05) is 18.2 Å². The summed E-state index contributed by atoms with van der Waals surface area (Å²) >= 11 is 0. The Hall–Kier alpha value is -1.84. The smallest absolute Gasteiger partial charge is 0.231 e. The van der Waals surface area contributed by atoms with Crippen LogP contribution in [0.5, 0.6) is 11.5 Å². The summed E-state index contributed by atoms with van der Waals surface area (Å²) < 4.78 is 10.7. The summed E-state index contributed by atoms with van der Waals surface area (Å²) in [5, 5.41) is 8.03. The first-order valence-electron chi connectivity index (χ1n) is 4.83. The Morgan fingerprint density at radius 1 is 1.20 bits per heavy atom. The highest BCUT2D eigenvalue weighted by molar-refractivity contribution is 6.02. The van der Waals surface area contributed by atoms with Crippen LogP contribution in [0, 0.1) is 0 Å². The minimum Gasteiger partial charge on any atom is -0.454 e. The number of rotatable bonds is 0. The average Bonchev–Trinajstić information content (AvgIpc) is 2.62. The molecule has 0 saturated carbocycles. The molecule has 4 nitrogen and oxygen atoms in total. The fourth-order valence-electron chi connectivity index (χ4n) is 1.81. The van der Waals surface area contributed by atoms with Crippen LogP contribution in [-0.2, 0) is 6.42 Å². The summed E-state index contributed by atoms with van der Waals surface area (Å²) in [6.07, 6.45) is 2.59. The zero-order valence-corrected chi connectivity index (χ0v) is 8.36. The summed E-state index contributed by atoms with van der Waals surface area (Å²) in [5.41, 5.74) is 3.19. The van der Waals surface area contributed by atoms with Gasteiger partial charge < -0.3 is 9.47 Å². The highest BCUT2D eigenvalue weighted by Gasteiger charge is 2.18. The van der Waals surface area contributed by atoms with Crippen LogP contribution in [0.15, 0.2) is 22.3 Å². The molecule has 0 amide bonds. The van der Waals surface area contributed by atoms with Gasteiger partial charge >= 0.3 is 0 Å². The first kappa shape index (κ1) is 8.47. The number of nitrogens with zero attached hydrogens (tertiary/aromatic N) is 2. The van der Waals surface area contributed by atoms with Crippen molar-refractivity contribution in [1.82, 2.24) is 0 Å². The van der Waals surface area contributed by atoms with Crippen molar-refractivity contribution in [3.8, 4) is 11.5 Å². The molecule has 0 spiro atoms. The molecule has 1 aromatic rings. The van der Waals surface area contributed by atoms with Crippen LogP contribution < -0.4 is 9.47 Å². The fourth-order valence-corrected chi connectivity index (χ4v) is 1.81. The summed E-state index contributed by atoms with van der Waals surface area (Å²) in [6, 6.07) is 3.99. The Morgan fingerprint density at radius 2 is 2.00 bits per heavy atom. The van der Waals surface area contributed by atoms with E-state index in [1.54, 1.807) is 6.21 Å². The molecule has 76 valence electrons. The molecule has 2 heterocycles. The molecular weight excluding hydrogens is 192 g/mol. The molecule has 0 saturated heterocycles. The van der Waals surface area contributed by atoms with Crippen molar-refractivity contribution in [2.24, 2.45) is 10.2 Å². The number of hydrogen-bond acceptors (Lipinski definition) is 4. The van der Waals surface area contributed by atoms with Gasteiger partial charge in [-0.25, -0.2) is 0 Å². The van der Waals surface area contributed by atoms with Gasteiger partial charge in [-0.3, -0.25) is 0 Å². The standard InChI is InChI=1S/C11H10N2O2/c1-7-9-5-11-10(14-6-15-11)4-8(9)2-3-12-13-7/h3-5H,2,6H2,1H3. The second-order valence-corrected chi connectivity index (χ2v) is 3.55. The summed E-state index contributed by atoms with van der Waals surface area (Å²) in [4.78, 5) is 0. The topological polar surface area (TPSA) is 43.2 Å². The summed E-state index contributed by atoms with van der Waals surface area (Å²) in [6.45, 7) is 2.26. The van der Waals surface area contributed by atoms with E-state index in [4.69, 9.17) is 9.47 Å². The van der Waals surface area contributed by atoms with Crippen molar-refractivity contribution < 1.29 is 9.47 Å². The molecule has 0 aromatic heterocycles. The lowest BCUT2D eigenvalue weighted by Crippen LogP contribution is -1.99. The summed E-state index contributed by atoms with van der Waals surface area (Å²) in [5.74, 6) is 1.61. The quantitative estimate of drug-likeness (QED) is 0.643. The van der Waals surface area contributed by atoms with E-state index in [9.17, 15) is 0 Å². The van der Waals surface area contributed by atoms with Gasteiger partial charge in [-0.15, -0.1) is 0 Å². The van der Waals surface area contributed by atoms with Gasteiger partial charge in [0.25, 0.3) is 0 Å². The molecule has 0 aliphatic carbocycles. The maximum absolute atomic E-state index is 5.34. The number of benzene rings is 1. The van der Waals surface area contributed by atoms with Crippen LogP contribution in [0.2, 0.25) is 0 Å². The zero-order valence-electron chi connectivity index (χ0n) is 8.36. The molecule has 4 heteroatoms. The highest BCUT2D eigenvalue weighted by atomic mass is 16.7. The third-order valence-electron chi connectivity index (χ3n) is 2.59. The van der Waals surface area contributed by atoms with Gasteiger partial charge in [0.2, 0.25) is 6.79 Å². The Kier molecular flexibility index (Phi) is 1.74. The first-order chi connectivity index (χ1) is 7.34. The number of fused-ring (bicyclic) bond motifs is 2. The second-order valence-electron chi connectivity index (χ2n) is 3.55. The predicted molar refractivity (Wildman–Crippen MR) is 57.0 cm³/mol. The zero-order chi connectivity index (χ0) is 10.3. The molecule has 0 bridgehead atoms. The molecule has 0 unspecified atom stereocenters. The van der Waals surface area contributed by atoms with E-state index >= 15 is 0 Å². The van der Waals surface area contributed by atoms with E-state index in [0.717, 1.165) is 29.2 Å². The van der Waals surface area contributed by atoms with E-state index in [2.05, 4.69) is 10.2 Å². The maximum Gasteiger partial charge on any atom is 0.231 e. The maximum atomic E-state index is 5.34. The molecule has 0 radical (unpaired) electrons. The number of hydrogen-bond donors (Lipinski definition) is 0. The third kappa shape index (κ3) is 1.29. The molecule has 3 rings (SSSR count). The van der Waals surface area contributed by atoms with E-state index in [0.29, 0.717) is 6.79 Å². The van der Waals surface area contributed by atoms with Crippen LogP contribution in [0.1, 0.15) is 18.1 Å². The molecule has 15 heavy (non-hydrogen) atoms. The molecule has 2 aliphatic heterocycles. The molecular formula is C11H10N2O2. The van der Waals surface area contributed by atoms with Gasteiger partial charge in [0.15, 0.2) is 11.5 Å².